The molecule has 0 spiro atoms. The summed E-state index contributed by atoms with van der Waals surface area (Å²) in [4.78, 5) is 57.0. The third-order valence-electron chi connectivity index (χ3n) is 3.23. The Labute approximate surface area is 155 Å². The van der Waals surface area contributed by atoms with Crippen LogP contribution >= 0.6 is 0 Å². The number of carbonyl (C=O) groups excluding carboxylic acids is 5. The van der Waals surface area contributed by atoms with Gasteiger partial charge in [0, 0.05) is 34.6 Å². The summed E-state index contributed by atoms with van der Waals surface area (Å²) in [6.45, 7) is 5.13. The van der Waals surface area contributed by atoms with Crippen LogP contribution in [0.15, 0.2) is 0 Å². The molecule has 152 valence electrons. The average molecular weight is 390 g/mol. The normalized spacial score (nSPS) is 27.1. The molecule has 0 radical (unpaired) electrons. The maximum absolute atomic E-state index is 11.5. The van der Waals surface area contributed by atoms with E-state index in [2.05, 4.69) is 0 Å². The lowest BCUT2D eigenvalue weighted by atomic mass is 9.98. The zero-order chi connectivity index (χ0) is 20.7. The largest absolute Gasteiger partial charge is 0.463 e. The van der Waals surface area contributed by atoms with Gasteiger partial charge >= 0.3 is 29.8 Å². The Kier molecular flexibility index (Phi) is 8.16. The highest BCUT2D eigenvalue weighted by Crippen LogP contribution is 2.29. The molecule has 11 nitrogen and oxygen atoms in total. The highest BCUT2D eigenvalue weighted by Gasteiger charge is 2.53. The molecule has 1 fully saturated rings. The van der Waals surface area contributed by atoms with Crippen molar-refractivity contribution in [3.63, 3.8) is 0 Å². The molecule has 1 heterocycles. The van der Waals surface area contributed by atoms with Crippen LogP contribution in [0.3, 0.4) is 0 Å². The summed E-state index contributed by atoms with van der Waals surface area (Å²) in [5, 5.41) is 0. The topological polar surface area (TPSA) is 141 Å². The van der Waals surface area contributed by atoms with Crippen LogP contribution in [0.2, 0.25) is 0 Å². The molecule has 0 saturated carbocycles. The molecule has 0 aromatic carbocycles. The van der Waals surface area contributed by atoms with E-state index in [-0.39, 0.29) is 0 Å². The minimum Gasteiger partial charge on any atom is -0.463 e. The Bertz CT molecular complexity index is 599. The van der Waals surface area contributed by atoms with Gasteiger partial charge in [-0.15, -0.1) is 0 Å². The molecule has 1 saturated heterocycles. The monoisotopic (exact) mass is 390 g/mol. The maximum Gasteiger partial charge on any atom is 0.305 e. The van der Waals surface area contributed by atoms with Crippen molar-refractivity contribution in [2.24, 2.45) is 0 Å². The fourth-order valence-electron chi connectivity index (χ4n) is 2.45. The van der Waals surface area contributed by atoms with Crippen molar-refractivity contribution in [3.05, 3.63) is 0 Å². The first-order chi connectivity index (χ1) is 12.5. The maximum atomic E-state index is 11.5. The third kappa shape index (κ3) is 7.21. The van der Waals surface area contributed by atoms with E-state index >= 15 is 0 Å². The molecule has 27 heavy (non-hydrogen) atoms. The molecule has 0 bridgehead atoms. The molecule has 11 heteroatoms. The van der Waals surface area contributed by atoms with Gasteiger partial charge in [-0.25, -0.2) is 0 Å². The van der Waals surface area contributed by atoms with Gasteiger partial charge in [0.15, 0.2) is 12.2 Å². The number of esters is 5. The van der Waals surface area contributed by atoms with E-state index in [0.717, 1.165) is 34.6 Å². The van der Waals surface area contributed by atoms with E-state index in [9.17, 15) is 24.0 Å². The smallest absolute Gasteiger partial charge is 0.305 e. The van der Waals surface area contributed by atoms with E-state index in [1.54, 1.807) is 0 Å². The molecule has 0 aromatic rings. The van der Waals surface area contributed by atoms with Crippen LogP contribution in [-0.4, -0.2) is 67.2 Å². The zero-order valence-electron chi connectivity index (χ0n) is 15.6. The zero-order valence-corrected chi connectivity index (χ0v) is 15.6. The molecule has 0 unspecified atom stereocenters. The standard InChI is InChI=1S/C16H22O11/c1-7(17)22-6-12-13(23-8(2)18)14(24-9(3)19)15(25-10(4)20)16(27-12)26-11(5)21/h12-16H,6H2,1-5H3/t12-,13+,14-,15-,16-/m0/s1. The minimum atomic E-state index is -1.48. The predicted molar refractivity (Wildman–Crippen MR) is 83.7 cm³/mol. The quantitative estimate of drug-likeness (QED) is 0.433. The Morgan fingerprint density at radius 2 is 1.07 bits per heavy atom. The predicted octanol–water partition coefficient (Wildman–Crippen LogP) is -0.367. The van der Waals surface area contributed by atoms with Crippen molar-refractivity contribution in [2.75, 3.05) is 6.61 Å². The van der Waals surface area contributed by atoms with Gasteiger partial charge in [-0.1, -0.05) is 0 Å². The fraction of sp³-hybridized carbons (Fsp3) is 0.688. The lowest BCUT2D eigenvalue weighted by Crippen LogP contribution is -2.63. The lowest BCUT2D eigenvalue weighted by Gasteiger charge is -2.43. The van der Waals surface area contributed by atoms with Gasteiger partial charge in [0.1, 0.15) is 12.7 Å². The molecule has 0 aliphatic carbocycles. The van der Waals surface area contributed by atoms with E-state index in [4.69, 9.17) is 28.4 Å². The first-order valence-electron chi connectivity index (χ1n) is 7.99. The number of rotatable bonds is 6. The highest BCUT2D eigenvalue weighted by atomic mass is 16.7. The molecule has 0 amide bonds. The van der Waals surface area contributed by atoms with Crippen LogP contribution in [0, 0.1) is 0 Å². The summed E-state index contributed by atoms with van der Waals surface area (Å²) in [6.07, 6.45) is -6.70. The summed E-state index contributed by atoms with van der Waals surface area (Å²) in [5.41, 5.74) is 0. The summed E-state index contributed by atoms with van der Waals surface area (Å²) in [6, 6.07) is 0. The Balaban J connectivity index is 3.29. The van der Waals surface area contributed by atoms with Crippen molar-refractivity contribution in [1.82, 2.24) is 0 Å². The molecule has 5 atom stereocenters. The second-order valence-electron chi connectivity index (χ2n) is 5.68. The second-order valence-corrected chi connectivity index (χ2v) is 5.68. The molecule has 0 aromatic heterocycles. The van der Waals surface area contributed by atoms with Crippen molar-refractivity contribution < 1.29 is 52.4 Å². The SMILES string of the molecule is CC(=O)OC[C@@H]1O[C@H](OC(C)=O)[C@@H](OC(C)=O)[C@@H](OC(C)=O)[C@@H]1OC(C)=O. The van der Waals surface area contributed by atoms with Gasteiger partial charge in [0.05, 0.1) is 0 Å². The van der Waals surface area contributed by atoms with Crippen LogP contribution in [0.25, 0.3) is 0 Å². The number of ether oxygens (including phenoxy) is 6. The van der Waals surface area contributed by atoms with Gasteiger partial charge < -0.3 is 28.4 Å². The van der Waals surface area contributed by atoms with Gasteiger partial charge in [0.2, 0.25) is 12.4 Å². The summed E-state index contributed by atoms with van der Waals surface area (Å²) in [5.74, 6) is -3.71. The van der Waals surface area contributed by atoms with Crippen LogP contribution < -0.4 is 0 Å². The first-order valence-corrected chi connectivity index (χ1v) is 7.99. The minimum absolute atomic E-state index is 0.393. The fourth-order valence-corrected chi connectivity index (χ4v) is 2.45. The third-order valence-corrected chi connectivity index (χ3v) is 3.23. The summed E-state index contributed by atoms with van der Waals surface area (Å²) in [7, 11) is 0. The number of carbonyl (C=O) groups is 5. The Hall–Kier alpha value is -2.69. The van der Waals surface area contributed by atoms with Gasteiger partial charge in [-0.2, -0.15) is 0 Å². The first kappa shape index (κ1) is 22.4. The molecule has 1 rings (SSSR count). The molecule has 1 aliphatic rings. The summed E-state index contributed by atoms with van der Waals surface area (Å²) < 4.78 is 30.8. The van der Waals surface area contributed by atoms with Crippen molar-refractivity contribution in [3.8, 4) is 0 Å². The second kappa shape index (κ2) is 9.86. The Morgan fingerprint density at radius 1 is 0.630 bits per heavy atom. The number of hydrogen-bond acceptors (Lipinski definition) is 11. The van der Waals surface area contributed by atoms with Crippen molar-refractivity contribution >= 4 is 29.8 Å². The van der Waals surface area contributed by atoms with Gasteiger partial charge in [-0.05, 0) is 0 Å². The van der Waals surface area contributed by atoms with E-state index in [1.165, 1.54) is 0 Å². The van der Waals surface area contributed by atoms with Gasteiger partial charge in [-0.3, -0.25) is 24.0 Å². The van der Waals surface area contributed by atoms with E-state index in [0.29, 0.717) is 0 Å². The number of hydrogen-bond donors (Lipinski definition) is 0. The average Bonchev–Trinajstić information content (AvgIpc) is 2.49. The van der Waals surface area contributed by atoms with Crippen LogP contribution in [0.1, 0.15) is 34.6 Å². The van der Waals surface area contributed by atoms with Crippen LogP contribution in [0.4, 0.5) is 0 Å². The summed E-state index contributed by atoms with van der Waals surface area (Å²) >= 11 is 0. The molecule has 0 N–H and O–H groups in total. The Morgan fingerprint density at radius 3 is 1.52 bits per heavy atom. The molecular weight excluding hydrogens is 368 g/mol. The molecule has 1 aliphatic heterocycles. The molecular formula is C16H22O11. The van der Waals surface area contributed by atoms with Crippen LogP contribution in [-0.2, 0) is 52.4 Å². The van der Waals surface area contributed by atoms with Gasteiger partial charge in [0.25, 0.3) is 0 Å². The highest BCUT2D eigenvalue weighted by molar-refractivity contribution is 5.69. The lowest BCUT2D eigenvalue weighted by molar-refractivity contribution is -0.300. The van der Waals surface area contributed by atoms with E-state index < -0.39 is 67.2 Å². The van der Waals surface area contributed by atoms with E-state index in [1.807, 2.05) is 0 Å². The van der Waals surface area contributed by atoms with Crippen molar-refractivity contribution in [1.29, 1.82) is 0 Å². The van der Waals surface area contributed by atoms with Crippen molar-refractivity contribution in [2.45, 2.75) is 65.3 Å². The van der Waals surface area contributed by atoms with Crippen LogP contribution in [0.5, 0.6) is 0 Å².